The molecule has 1 aliphatic rings. The second-order valence-electron chi connectivity index (χ2n) is 7.00. The molecule has 3 rings (SSSR count). The van der Waals surface area contributed by atoms with E-state index < -0.39 is 24.2 Å². The lowest BCUT2D eigenvalue weighted by Gasteiger charge is -2.27. The second-order valence-corrected chi connectivity index (χ2v) is 9.04. The summed E-state index contributed by atoms with van der Waals surface area (Å²) in [4.78, 5) is 11.5. The fourth-order valence-electron chi connectivity index (χ4n) is 3.55. The average molecular weight is 546 g/mol. The molecule has 0 aliphatic carbocycles. The molecule has 0 bridgehead atoms. The van der Waals surface area contributed by atoms with Gasteiger partial charge in [-0.3, -0.25) is 4.79 Å². The minimum absolute atomic E-state index is 0.0360. The highest BCUT2D eigenvalue weighted by molar-refractivity contribution is 9.10. The van der Waals surface area contributed by atoms with E-state index in [2.05, 4.69) is 15.9 Å². The first-order valence-corrected chi connectivity index (χ1v) is 10.8. The van der Waals surface area contributed by atoms with E-state index in [1.807, 2.05) is 0 Å². The van der Waals surface area contributed by atoms with Crippen molar-refractivity contribution in [1.29, 1.82) is 0 Å². The number of carbonyl (C=O) groups is 1. The van der Waals surface area contributed by atoms with E-state index in [4.69, 9.17) is 39.5 Å². The molecule has 1 saturated heterocycles. The standard InChI is InChI=1S/C20H16BrCl3F3NO2/c1-10(29)30-9-12-3-2-11(4-15(12)21)18-7-14(8-28(18)20(25,26)27)13-5-16(22)19(24)17(23)6-13/h2-6,14,18H,7-9H2,1H3. The third-order valence-electron chi connectivity index (χ3n) is 5.00. The number of rotatable bonds is 4. The molecule has 0 spiro atoms. The number of esters is 1. The number of nitrogens with zero attached hydrogens (tertiary/aromatic N) is 1. The van der Waals surface area contributed by atoms with Gasteiger partial charge in [0.15, 0.2) is 0 Å². The molecular formula is C20H16BrCl3F3NO2. The van der Waals surface area contributed by atoms with Gasteiger partial charge >= 0.3 is 12.3 Å². The van der Waals surface area contributed by atoms with E-state index >= 15 is 0 Å². The first kappa shape index (κ1) is 23.7. The van der Waals surface area contributed by atoms with Crippen molar-refractivity contribution in [3.8, 4) is 0 Å². The SMILES string of the molecule is CC(=O)OCc1ccc(C2CC(c3cc(Cl)c(Cl)c(Cl)c3)CN2C(F)(F)F)cc1Br. The molecule has 0 saturated carbocycles. The third-order valence-corrected chi connectivity index (χ3v) is 6.93. The molecule has 2 unspecified atom stereocenters. The fourth-order valence-corrected chi connectivity index (χ4v) is 4.68. The van der Waals surface area contributed by atoms with Gasteiger partial charge in [0.2, 0.25) is 0 Å². The Morgan fingerprint density at radius 1 is 1.17 bits per heavy atom. The zero-order valence-electron chi connectivity index (χ0n) is 15.6. The van der Waals surface area contributed by atoms with Gasteiger partial charge in [0.05, 0.1) is 15.1 Å². The van der Waals surface area contributed by atoms with E-state index in [0.717, 1.165) is 0 Å². The Kier molecular flexibility index (Phi) is 7.30. The summed E-state index contributed by atoms with van der Waals surface area (Å²) in [6.45, 7) is 1.10. The summed E-state index contributed by atoms with van der Waals surface area (Å²) in [5.41, 5.74) is 1.77. The second kappa shape index (κ2) is 9.25. The van der Waals surface area contributed by atoms with Gasteiger partial charge in [0, 0.05) is 29.5 Å². The Labute approximate surface area is 195 Å². The van der Waals surface area contributed by atoms with Gasteiger partial charge in [0.1, 0.15) is 6.61 Å². The number of benzene rings is 2. The summed E-state index contributed by atoms with van der Waals surface area (Å²) in [5.74, 6) is -0.864. The lowest BCUT2D eigenvalue weighted by atomic mass is 9.93. The Bertz CT molecular complexity index is 948. The predicted molar refractivity (Wildman–Crippen MR) is 114 cm³/mol. The topological polar surface area (TPSA) is 29.5 Å². The lowest BCUT2D eigenvalue weighted by molar-refractivity contribution is -0.251. The number of carbonyl (C=O) groups excluding carboxylic acids is 1. The quantitative estimate of drug-likeness (QED) is 0.226. The number of ether oxygens (including phenoxy) is 1. The minimum atomic E-state index is -4.51. The average Bonchev–Trinajstić information content (AvgIpc) is 3.10. The first-order valence-electron chi connectivity index (χ1n) is 8.87. The summed E-state index contributed by atoms with van der Waals surface area (Å²) in [7, 11) is 0. The van der Waals surface area contributed by atoms with E-state index in [1.54, 1.807) is 30.3 Å². The van der Waals surface area contributed by atoms with Crippen LogP contribution in [-0.4, -0.2) is 23.7 Å². The zero-order chi connectivity index (χ0) is 22.2. The molecule has 2 aromatic rings. The fraction of sp³-hybridized carbons (Fsp3) is 0.350. The summed E-state index contributed by atoms with van der Waals surface area (Å²) >= 11 is 21.5. The van der Waals surface area contributed by atoms with Crippen LogP contribution < -0.4 is 0 Å². The number of halogens is 7. The molecular weight excluding hydrogens is 529 g/mol. The normalized spacial score (nSPS) is 19.9. The van der Waals surface area contributed by atoms with E-state index in [1.165, 1.54) is 6.92 Å². The molecule has 162 valence electrons. The molecule has 2 aromatic carbocycles. The number of hydrogen-bond acceptors (Lipinski definition) is 3. The van der Waals surface area contributed by atoms with Gasteiger partial charge in [-0.25, -0.2) is 4.90 Å². The summed E-state index contributed by atoms with van der Waals surface area (Å²) in [5, 5.41) is 0.592. The third kappa shape index (κ3) is 5.25. The van der Waals surface area contributed by atoms with Crippen LogP contribution in [0, 0.1) is 0 Å². The Morgan fingerprint density at radius 3 is 2.33 bits per heavy atom. The molecule has 30 heavy (non-hydrogen) atoms. The van der Waals surface area contributed by atoms with Crippen LogP contribution in [0.25, 0.3) is 0 Å². The molecule has 1 heterocycles. The van der Waals surface area contributed by atoms with Crippen LogP contribution in [0.1, 0.15) is 42.0 Å². The first-order chi connectivity index (χ1) is 14.0. The highest BCUT2D eigenvalue weighted by Crippen LogP contribution is 2.47. The van der Waals surface area contributed by atoms with Crippen molar-refractivity contribution in [2.45, 2.75) is 38.2 Å². The Morgan fingerprint density at radius 2 is 1.80 bits per heavy atom. The number of hydrogen-bond donors (Lipinski definition) is 0. The maximum absolute atomic E-state index is 13.8. The van der Waals surface area contributed by atoms with E-state index in [9.17, 15) is 18.0 Å². The van der Waals surface area contributed by atoms with E-state index in [0.29, 0.717) is 26.1 Å². The monoisotopic (exact) mass is 543 g/mol. The van der Waals surface area contributed by atoms with Crippen molar-refractivity contribution in [2.75, 3.05) is 6.54 Å². The van der Waals surface area contributed by atoms with Crippen molar-refractivity contribution in [1.82, 2.24) is 4.90 Å². The van der Waals surface area contributed by atoms with Crippen molar-refractivity contribution >= 4 is 56.7 Å². The lowest BCUT2D eigenvalue weighted by Crippen LogP contribution is -2.37. The maximum atomic E-state index is 13.8. The van der Waals surface area contributed by atoms with Gasteiger partial charge in [0.25, 0.3) is 0 Å². The van der Waals surface area contributed by atoms with Crippen LogP contribution in [0.5, 0.6) is 0 Å². The minimum Gasteiger partial charge on any atom is -0.461 e. The molecule has 2 atom stereocenters. The Balaban J connectivity index is 1.91. The summed E-state index contributed by atoms with van der Waals surface area (Å²) < 4.78 is 46.9. The highest BCUT2D eigenvalue weighted by Gasteiger charge is 2.48. The van der Waals surface area contributed by atoms with Gasteiger partial charge in [-0.05, 0) is 41.7 Å². The van der Waals surface area contributed by atoms with Gasteiger partial charge in [-0.1, -0.05) is 62.9 Å². The number of alkyl halides is 3. The predicted octanol–water partition coefficient (Wildman–Crippen LogP) is 7.52. The molecule has 1 aliphatic heterocycles. The number of likely N-dealkylation sites (tertiary alicyclic amines) is 1. The molecule has 0 aromatic heterocycles. The molecule has 0 N–H and O–H groups in total. The van der Waals surface area contributed by atoms with Crippen LogP contribution in [0.2, 0.25) is 15.1 Å². The van der Waals surface area contributed by atoms with Crippen molar-refractivity contribution in [3.63, 3.8) is 0 Å². The maximum Gasteiger partial charge on any atom is 0.460 e. The highest BCUT2D eigenvalue weighted by atomic mass is 79.9. The molecule has 3 nitrogen and oxygen atoms in total. The molecule has 0 amide bonds. The van der Waals surface area contributed by atoms with Crippen LogP contribution in [0.3, 0.4) is 0 Å². The smallest absolute Gasteiger partial charge is 0.460 e. The Hall–Kier alpha value is -0.990. The van der Waals surface area contributed by atoms with Gasteiger partial charge in [-0.15, -0.1) is 0 Å². The molecule has 0 radical (unpaired) electrons. The van der Waals surface area contributed by atoms with E-state index in [-0.39, 0.29) is 34.6 Å². The van der Waals surface area contributed by atoms with Crippen LogP contribution in [0.4, 0.5) is 13.2 Å². The molecule has 1 fully saturated rings. The van der Waals surface area contributed by atoms with Crippen LogP contribution in [-0.2, 0) is 16.1 Å². The van der Waals surface area contributed by atoms with Crippen molar-refractivity contribution in [3.05, 3.63) is 66.6 Å². The summed E-state index contributed by atoms with van der Waals surface area (Å²) in [6, 6.07) is 7.15. The van der Waals surface area contributed by atoms with Crippen LogP contribution in [0.15, 0.2) is 34.8 Å². The summed E-state index contributed by atoms with van der Waals surface area (Å²) in [6.07, 6.45) is -4.29. The van der Waals surface area contributed by atoms with Crippen molar-refractivity contribution < 1.29 is 22.7 Å². The van der Waals surface area contributed by atoms with Crippen LogP contribution >= 0.6 is 50.7 Å². The van der Waals surface area contributed by atoms with Gasteiger partial charge in [-0.2, -0.15) is 13.2 Å². The van der Waals surface area contributed by atoms with Gasteiger partial charge < -0.3 is 4.74 Å². The largest absolute Gasteiger partial charge is 0.461 e. The zero-order valence-corrected chi connectivity index (χ0v) is 19.4. The van der Waals surface area contributed by atoms with Crippen molar-refractivity contribution in [2.24, 2.45) is 0 Å². The molecule has 10 heteroatoms.